The molecule has 2 N–H and O–H groups in total. The van der Waals surface area contributed by atoms with Gasteiger partial charge in [0.25, 0.3) is 5.91 Å². The molecule has 0 fully saturated rings. The molecule has 2 aromatic rings. The van der Waals surface area contributed by atoms with E-state index in [1.807, 2.05) is 6.07 Å². The number of nitrogens with one attached hydrogen (secondary N) is 2. The van der Waals surface area contributed by atoms with Gasteiger partial charge in [0.15, 0.2) is 0 Å². The molecule has 8 nitrogen and oxygen atoms in total. The van der Waals surface area contributed by atoms with Crippen molar-refractivity contribution in [3.8, 4) is 17.6 Å². The van der Waals surface area contributed by atoms with Gasteiger partial charge in [-0.1, -0.05) is 0 Å². The highest BCUT2D eigenvalue weighted by molar-refractivity contribution is 6.07. The molecule has 0 unspecified atom stereocenters. The highest BCUT2D eigenvalue weighted by Crippen LogP contribution is 2.29. The Kier molecular flexibility index (Phi) is 6.99. The number of nitrogens with zero attached hydrogens (tertiary/aromatic N) is 1. The van der Waals surface area contributed by atoms with Gasteiger partial charge in [-0.2, -0.15) is 5.26 Å². The number of methoxy groups -OCH3 is 3. The summed E-state index contributed by atoms with van der Waals surface area (Å²) < 4.78 is 15.0. The number of nitriles is 1. The van der Waals surface area contributed by atoms with Crippen LogP contribution >= 0.6 is 0 Å². The molecule has 28 heavy (non-hydrogen) atoms. The molecular weight excluding hydrogens is 362 g/mol. The van der Waals surface area contributed by atoms with Crippen molar-refractivity contribution in [3.05, 3.63) is 59.8 Å². The molecule has 8 heteroatoms. The summed E-state index contributed by atoms with van der Waals surface area (Å²) in [5.74, 6) is -0.112. The zero-order valence-electron chi connectivity index (χ0n) is 15.6. The van der Waals surface area contributed by atoms with E-state index in [0.717, 1.165) is 0 Å². The lowest BCUT2D eigenvalue weighted by Crippen LogP contribution is -2.15. The number of carbonyl (C=O) groups is 2. The first-order valence-electron chi connectivity index (χ1n) is 8.11. The van der Waals surface area contributed by atoms with Crippen LogP contribution in [0.4, 0.5) is 11.4 Å². The molecule has 0 atom stereocenters. The van der Waals surface area contributed by atoms with Gasteiger partial charge in [-0.3, -0.25) is 4.79 Å². The third-order valence-corrected chi connectivity index (χ3v) is 3.71. The van der Waals surface area contributed by atoms with Gasteiger partial charge < -0.3 is 24.8 Å². The van der Waals surface area contributed by atoms with E-state index < -0.39 is 11.9 Å². The summed E-state index contributed by atoms with van der Waals surface area (Å²) in [5.41, 5.74) is 1.20. The van der Waals surface area contributed by atoms with E-state index in [-0.39, 0.29) is 5.57 Å². The van der Waals surface area contributed by atoms with Crippen molar-refractivity contribution in [3.63, 3.8) is 0 Å². The number of anilines is 2. The van der Waals surface area contributed by atoms with Crippen LogP contribution in [0.15, 0.2) is 54.2 Å². The van der Waals surface area contributed by atoms with Gasteiger partial charge in [0.05, 0.1) is 32.6 Å². The van der Waals surface area contributed by atoms with Crippen molar-refractivity contribution in [2.45, 2.75) is 0 Å². The summed E-state index contributed by atoms with van der Waals surface area (Å²) in [7, 11) is 4.27. The average Bonchev–Trinajstić information content (AvgIpc) is 2.73. The molecule has 0 heterocycles. The molecule has 0 aromatic heterocycles. The Morgan fingerprint density at radius 1 is 1.04 bits per heavy atom. The van der Waals surface area contributed by atoms with E-state index in [1.165, 1.54) is 27.5 Å². The molecule has 144 valence electrons. The lowest BCUT2D eigenvalue weighted by molar-refractivity contribution is -0.112. The predicted octanol–water partition coefficient (Wildman–Crippen LogP) is 2.95. The molecule has 0 radical (unpaired) electrons. The van der Waals surface area contributed by atoms with Gasteiger partial charge in [-0.05, 0) is 36.4 Å². The summed E-state index contributed by atoms with van der Waals surface area (Å²) in [6.45, 7) is 0. The maximum atomic E-state index is 12.4. The van der Waals surface area contributed by atoms with Crippen LogP contribution in [-0.2, 0) is 9.53 Å². The van der Waals surface area contributed by atoms with Crippen molar-refractivity contribution >= 4 is 23.3 Å². The number of rotatable bonds is 7. The van der Waals surface area contributed by atoms with Gasteiger partial charge in [0, 0.05) is 18.0 Å². The Bertz CT molecular complexity index is 930. The van der Waals surface area contributed by atoms with Crippen molar-refractivity contribution in [1.82, 2.24) is 0 Å². The molecule has 1 amide bonds. The first kappa shape index (κ1) is 20.3. The summed E-state index contributed by atoms with van der Waals surface area (Å²) in [6.07, 6.45) is 1.27. The monoisotopic (exact) mass is 381 g/mol. The quantitative estimate of drug-likeness (QED) is 0.431. The van der Waals surface area contributed by atoms with Gasteiger partial charge in [-0.25, -0.2) is 4.79 Å². The zero-order chi connectivity index (χ0) is 20.5. The van der Waals surface area contributed by atoms with Gasteiger partial charge >= 0.3 is 5.97 Å². The van der Waals surface area contributed by atoms with Crippen molar-refractivity contribution in [2.24, 2.45) is 0 Å². The van der Waals surface area contributed by atoms with Crippen molar-refractivity contribution < 1.29 is 23.8 Å². The lowest BCUT2D eigenvalue weighted by Gasteiger charge is -2.11. The molecule has 0 saturated carbocycles. The number of hydrogen-bond acceptors (Lipinski definition) is 7. The van der Waals surface area contributed by atoms with Crippen molar-refractivity contribution in [2.75, 3.05) is 32.0 Å². The van der Waals surface area contributed by atoms with E-state index in [2.05, 4.69) is 15.4 Å². The van der Waals surface area contributed by atoms with Crippen LogP contribution in [-0.4, -0.2) is 33.2 Å². The second-order valence-electron chi connectivity index (χ2n) is 5.40. The third kappa shape index (κ3) is 5.02. The van der Waals surface area contributed by atoms with Crippen LogP contribution in [0.1, 0.15) is 10.4 Å². The second kappa shape index (κ2) is 9.64. The van der Waals surface area contributed by atoms with Crippen molar-refractivity contribution in [1.29, 1.82) is 5.26 Å². The molecule has 0 aliphatic rings. The second-order valence-corrected chi connectivity index (χ2v) is 5.40. The Labute approximate surface area is 162 Å². The van der Waals surface area contributed by atoms with Crippen LogP contribution in [0, 0.1) is 11.3 Å². The lowest BCUT2D eigenvalue weighted by atomic mass is 10.2. The molecule has 0 spiro atoms. The molecule has 2 rings (SSSR count). The van der Waals surface area contributed by atoms with Gasteiger partial charge in [0.1, 0.15) is 23.1 Å². The third-order valence-electron chi connectivity index (χ3n) is 3.71. The smallest absolute Gasteiger partial charge is 0.337 e. The first-order chi connectivity index (χ1) is 13.5. The maximum absolute atomic E-state index is 12.4. The Hall–Kier alpha value is -3.99. The molecule has 2 aromatic carbocycles. The Morgan fingerprint density at radius 2 is 1.75 bits per heavy atom. The number of benzene rings is 2. The number of hydrogen-bond donors (Lipinski definition) is 2. The minimum Gasteiger partial charge on any atom is -0.497 e. The highest BCUT2D eigenvalue weighted by Gasteiger charge is 2.13. The van der Waals surface area contributed by atoms with E-state index >= 15 is 0 Å². The van der Waals surface area contributed by atoms with E-state index in [0.29, 0.717) is 28.4 Å². The van der Waals surface area contributed by atoms with Crippen LogP contribution in [0.5, 0.6) is 11.5 Å². The SMILES string of the molecule is COC(=O)c1ccc(N/C=C(/C#N)C(=O)Nc2cc(OC)ccc2OC)cc1. The number of carbonyl (C=O) groups excluding carboxylic acids is 2. The van der Waals surface area contributed by atoms with Crippen LogP contribution in [0.25, 0.3) is 0 Å². The molecule has 0 saturated heterocycles. The van der Waals surface area contributed by atoms with Crippen LogP contribution in [0.2, 0.25) is 0 Å². The number of esters is 1. The minimum atomic E-state index is -0.618. The average molecular weight is 381 g/mol. The minimum absolute atomic E-state index is 0.151. The normalized spacial score (nSPS) is 10.4. The highest BCUT2D eigenvalue weighted by atomic mass is 16.5. The number of ether oxygens (including phenoxy) is 3. The Balaban J connectivity index is 2.13. The fourth-order valence-electron chi connectivity index (χ4n) is 2.23. The molecule has 0 bridgehead atoms. The van der Waals surface area contributed by atoms with Gasteiger partial charge in [0.2, 0.25) is 0 Å². The van der Waals surface area contributed by atoms with Crippen LogP contribution < -0.4 is 20.1 Å². The molecular formula is C20H19N3O5. The topological polar surface area (TPSA) is 110 Å². The molecule has 0 aliphatic heterocycles. The summed E-state index contributed by atoms with van der Waals surface area (Å²) >= 11 is 0. The summed E-state index contributed by atoms with van der Waals surface area (Å²) in [5, 5.41) is 14.8. The Morgan fingerprint density at radius 3 is 2.32 bits per heavy atom. The van der Waals surface area contributed by atoms with Crippen LogP contribution in [0.3, 0.4) is 0 Å². The first-order valence-corrected chi connectivity index (χ1v) is 8.11. The standard InChI is InChI=1S/C20H19N3O5/c1-26-16-8-9-18(27-2)17(10-16)23-19(24)14(11-21)12-22-15-6-4-13(5-7-15)20(25)28-3/h4-10,12,22H,1-3H3,(H,23,24)/b14-12-. The van der Waals surface area contributed by atoms with E-state index in [9.17, 15) is 14.9 Å². The van der Waals surface area contributed by atoms with E-state index in [1.54, 1.807) is 42.5 Å². The number of amides is 1. The zero-order valence-corrected chi connectivity index (χ0v) is 15.6. The fraction of sp³-hybridized carbons (Fsp3) is 0.150. The predicted molar refractivity (Wildman–Crippen MR) is 103 cm³/mol. The maximum Gasteiger partial charge on any atom is 0.337 e. The fourth-order valence-corrected chi connectivity index (χ4v) is 2.23. The molecule has 0 aliphatic carbocycles. The summed E-state index contributed by atoms with van der Waals surface area (Å²) in [6, 6.07) is 13.1. The largest absolute Gasteiger partial charge is 0.497 e. The van der Waals surface area contributed by atoms with Gasteiger partial charge in [-0.15, -0.1) is 0 Å². The summed E-state index contributed by atoms with van der Waals surface area (Å²) in [4.78, 5) is 23.8. The van der Waals surface area contributed by atoms with E-state index in [4.69, 9.17) is 9.47 Å².